The van der Waals surface area contributed by atoms with Gasteiger partial charge >= 0.3 is 0 Å². The number of halogens is 1. The van der Waals surface area contributed by atoms with Crippen LogP contribution in [0.15, 0.2) is 72.8 Å². The molecule has 6 heteroatoms. The van der Waals surface area contributed by atoms with Crippen molar-refractivity contribution in [2.45, 2.75) is 25.4 Å². The van der Waals surface area contributed by atoms with Gasteiger partial charge in [-0.2, -0.15) is 0 Å². The Morgan fingerprint density at radius 3 is 2.43 bits per heavy atom. The van der Waals surface area contributed by atoms with Gasteiger partial charge in [0.15, 0.2) is 0 Å². The van der Waals surface area contributed by atoms with E-state index in [1.165, 1.54) is 29.3 Å². The Kier molecular flexibility index (Phi) is 5.04. The van der Waals surface area contributed by atoms with E-state index in [-0.39, 0.29) is 22.5 Å². The van der Waals surface area contributed by atoms with Crippen LogP contribution in [0.1, 0.15) is 16.7 Å². The standard InChI is InChI=1S/C22H20FN3O2/c23-19-11-9-16(10-12-19)13-20-14-17-5-1-2-6-18(17)15-25(20)24-21-7-3-4-8-22(21)26(27)28/h1-12,20,24H,13-15H2. The number of hydrazine groups is 1. The number of rotatable bonds is 5. The maximum atomic E-state index is 13.3. The first-order valence-corrected chi connectivity index (χ1v) is 9.18. The molecule has 1 atom stereocenters. The van der Waals surface area contributed by atoms with Gasteiger partial charge in [0, 0.05) is 18.7 Å². The fourth-order valence-electron chi connectivity index (χ4n) is 3.68. The molecule has 0 saturated carbocycles. The van der Waals surface area contributed by atoms with Gasteiger partial charge in [-0.15, -0.1) is 0 Å². The van der Waals surface area contributed by atoms with Gasteiger partial charge in [-0.25, -0.2) is 9.40 Å². The second-order valence-corrected chi connectivity index (χ2v) is 6.97. The molecule has 3 aromatic carbocycles. The van der Waals surface area contributed by atoms with E-state index in [9.17, 15) is 14.5 Å². The molecule has 0 spiro atoms. The Morgan fingerprint density at radius 2 is 1.68 bits per heavy atom. The summed E-state index contributed by atoms with van der Waals surface area (Å²) in [5.41, 5.74) is 7.28. The van der Waals surface area contributed by atoms with Crippen LogP contribution in [-0.2, 0) is 19.4 Å². The predicted molar refractivity (Wildman–Crippen MR) is 106 cm³/mol. The number of benzene rings is 3. The molecule has 1 unspecified atom stereocenters. The van der Waals surface area contributed by atoms with Crippen LogP contribution in [0, 0.1) is 15.9 Å². The highest BCUT2D eigenvalue weighted by Gasteiger charge is 2.28. The van der Waals surface area contributed by atoms with Crippen molar-refractivity contribution in [2.75, 3.05) is 5.43 Å². The molecule has 0 aliphatic carbocycles. The largest absolute Gasteiger partial charge is 0.312 e. The molecule has 0 bridgehead atoms. The summed E-state index contributed by atoms with van der Waals surface area (Å²) in [7, 11) is 0. The Balaban J connectivity index is 1.64. The molecule has 1 N–H and O–H groups in total. The van der Waals surface area contributed by atoms with E-state index >= 15 is 0 Å². The highest BCUT2D eigenvalue weighted by Crippen LogP contribution is 2.29. The summed E-state index contributed by atoms with van der Waals surface area (Å²) in [6.45, 7) is 0.633. The number of para-hydroxylation sites is 2. The second kappa shape index (κ2) is 7.78. The lowest BCUT2D eigenvalue weighted by atomic mass is 9.91. The first-order chi connectivity index (χ1) is 13.6. The maximum absolute atomic E-state index is 13.3. The first-order valence-electron chi connectivity index (χ1n) is 9.18. The predicted octanol–water partition coefficient (Wildman–Crippen LogP) is 4.73. The van der Waals surface area contributed by atoms with Crippen LogP contribution in [0.3, 0.4) is 0 Å². The molecule has 4 rings (SSSR count). The van der Waals surface area contributed by atoms with Crippen LogP contribution < -0.4 is 5.43 Å². The summed E-state index contributed by atoms with van der Waals surface area (Å²) < 4.78 is 13.3. The number of anilines is 1. The zero-order valence-corrected chi connectivity index (χ0v) is 15.2. The van der Waals surface area contributed by atoms with E-state index < -0.39 is 0 Å². The molecule has 1 aliphatic heterocycles. The zero-order valence-electron chi connectivity index (χ0n) is 15.2. The van der Waals surface area contributed by atoms with Gasteiger partial charge < -0.3 is 5.43 Å². The smallest absolute Gasteiger partial charge is 0.293 e. The van der Waals surface area contributed by atoms with Crippen molar-refractivity contribution in [3.05, 3.63) is 105 Å². The van der Waals surface area contributed by atoms with Crippen molar-refractivity contribution in [3.8, 4) is 0 Å². The van der Waals surface area contributed by atoms with Crippen LogP contribution in [-0.4, -0.2) is 16.0 Å². The van der Waals surface area contributed by atoms with Gasteiger partial charge in [-0.1, -0.05) is 48.5 Å². The molecule has 1 heterocycles. The Bertz CT molecular complexity index is 991. The monoisotopic (exact) mass is 377 g/mol. The van der Waals surface area contributed by atoms with E-state index in [0.29, 0.717) is 18.7 Å². The number of nitrogens with one attached hydrogen (secondary N) is 1. The molecule has 0 fully saturated rings. The van der Waals surface area contributed by atoms with E-state index in [1.54, 1.807) is 30.3 Å². The zero-order chi connectivity index (χ0) is 19.5. The molecule has 0 aromatic heterocycles. The van der Waals surface area contributed by atoms with Crippen LogP contribution >= 0.6 is 0 Å². The molecule has 0 amide bonds. The fraction of sp³-hybridized carbons (Fsp3) is 0.182. The summed E-state index contributed by atoms with van der Waals surface area (Å²) in [6, 6.07) is 21.5. The van der Waals surface area contributed by atoms with Crippen molar-refractivity contribution in [1.29, 1.82) is 0 Å². The second-order valence-electron chi connectivity index (χ2n) is 6.97. The number of nitrogens with zero attached hydrogens (tertiary/aromatic N) is 2. The lowest BCUT2D eigenvalue weighted by Gasteiger charge is -2.37. The third-order valence-corrected chi connectivity index (χ3v) is 5.10. The minimum absolute atomic E-state index is 0.0434. The number of nitro benzene ring substituents is 1. The summed E-state index contributed by atoms with van der Waals surface area (Å²) in [5.74, 6) is -0.257. The fourth-order valence-corrected chi connectivity index (χ4v) is 3.68. The van der Waals surface area contributed by atoms with E-state index in [1.807, 2.05) is 17.1 Å². The van der Waals surface area contributed by atoms with Crippen LogP contribution in [0.2, 0.25) is 0 Å². The molecular weight excluding hydrogens is 357 g/mol. The van der Waals surface area contributed by atoms with Crippen molar-refractivity contribution >= 4 is 11.4 Å². The molecule has 0 radical (unpaired) electrons. The van der Waals surface area contributed by atoms with E-state index in [2.05, 4.69) is 17.6 Å². The Morgan fingerprint density at radius 1 is 1.00 bits per heavy atom. The molecule has 3 aromatic rings. The topological polar surface area (TPSA) is 58.4 Å². The normalized spacial score (nSPS) is 16.4. The van der Waals surface area contributed by atoms with Crippen LogP contribution in [0.25, 0.3) is 0 Å². The third-order valence-electron chi connectivity index (χ3n) is 5.10. The lowest BCUT2D eigenvalue weighted by Crippen LogP contribution is -2.45. The van der Waals surface area contributed by atoms with Crippen molar-refractivity contribution in [1.82, 2.24) is 5.01 Å². The lowest BCUT2D eigenvalue weighted by molar-refractivity contribution is -0.384. The summed E-state index contributed by atoms with van der Waals surface area (Å²) in [4.78, 5) is 11.0. The average Bonchev–Trinajstić information content (AvgIpc) is 2.70. The summed E-state index contributed by atoms with van der Waals surface area (Å²) in [6.07, 6.45) is 1.52. The van der Waals surface area contributed by atoms with Gasteiger partial charge in [-0.3, -0.25) is 10.1 Å². The molecule has 1 aliphatic rings. The Hall–Kier alpha value is -3.25. The molecule has 142 valence electrons. The van der Waals surface area contributed by atoms with E-state index in [0.717, 1.165) is 12.0 Å². The maximum Gasteiger partial charge on any atom is 0.293 e. The highest BCUT2D eigenvalue weighted by molar-refractivity contribution is 5.60. The SMILES string of the molecule is O=[N+]([O-])c1ccccc1NN1Cc2ccccc2CC1Cc1ccc(F)cc1. The van der Waals surface area contributed by atoms with Crippen LogP contribution in [0.4, 0.5) is 15.8 Å². The summed E-state index contributed by atoms with van der Waals surface area (Å²) in [5, 5.41) is 13.4. The molecule has 28 heavy (non-hydrogen) atoms. The highest BCUT2D eigenvalue weighted by atomic mass is 19.1. The van der Waals surface area contributed by atoms with Crippen molar-refractivity contribution < 1.29 is 9.31 Å². The van der Waals surface area contributed by atoms with Gasteiger partial charge in [-0.05, 0) is 47.7 Å². The third kappa shape index (κ3) is 3.87. The number of fused-ring (bicyclic) bond motifs is 1. The Labute approximate surface area is 162 Å². The quantitative estimate of drug-likeness (QED) is 0.516. The number of hydrogen-bond acceptors (Lipinski definition) is 4. The van der Waals surface area contributed by atoms with Gasteiger partial charge in [0.05, 0.1) is 4.92 Å². The van der Waals surface area contributed by atoms with Crippen molar-refractivity contribution in [2.24, 2.45) is 0 Å². The minimum atomic E-state index is -0.380. The number of hydrogen-bond donors (Lipinski definition) is 1. The average molecular weight is 377 g/mol. The minimum Gasteiger partial charge on any atom is -0.312 e. The van der Waals surface area contributed by atoms with Gasteiger partial charge in [0.25, 0.3) is 5.69 Å². The summed E-state index contributed by atoms with van der Waals surface area (Å²) >= 11 is 0. The van der Waals surface area contributed by atoms with Crippen molar-refractivity contribution in [3.63, 3.8) is 0 Å². The van der Waals surface area contributed by atoms with E-state index in [4.69, 9.17) is 0 Å². The molecule has 0 saturated heterocycles. The molecular formula is C22H20FN3O2. The number of nitro groups is 1. The van der Waals surface area contributed by atoms with Gasteiger partial charge in [0.2, 0.25) is 0 Å². The first kappa shape index (κ1) is 18.1. The molecule has 5 nitrogen and oxygen atoms in total. The van der Waals surface area contributed by atoms with Crippen LogP contribution in [0.5, 0.6) is 0 Å². The van der Waals surface area contributed by atoms with Gasteiger partial charge in [0.1, 0.15) is 11.5 Å².